The van der Waals surface area contributed by atoms with Gasteiger partial charge in [-0.05, 0) is 122 Å². The molecule has 77 heavy (non-hydrogen) atoms. The molecule has 0 spiro atoms. The summed E-state index contributed by atoms with van der Waals surface area (Å²) in [4.78, 5) is 38.3. The zero-order chi connectivity index (χ0) is 55.7. The van der Waals surface area contributed by atoms with E-state index in [9.17, 15) is 14.4 Å². The van der Waals surface area contributed by atoms with E-state index in [1.807, 2.05) is 0 Å². The van der Waals surface area contributed by atoms with Crippen molar-refractivity contribution in [2.45, 2.75) is 322 Å². The zero-order valence-corrected chi connectivity index (χ0v) is 50.7. The van der Waals surface area contributed by atoms with Crippen molar-refractivity contribution < 1.29 is 28.6 Å². The van der Waals surface area contributed by atoms with Crippen LogP contribution in [0.15, 0.2) is 97.2 Å². The molecule has 0 N–H and O–H groups in total. The molecule has 0 amide bonds. The second-order valence-corrected chi connectivity index (χ2v) is 21.6. The van der Waals surface area contributed by atoms with E-state index >= 15 is 0 Å². The topological polar surface area (TPSA) is 78.9 Å². The van der Waals surface area contributed by atoms with Crippen LogP contribution in [0.25, 0.3) is 0 Å². The minimum Gasteiger partial charge on any atom is -0.462 e. The molecule has 0 radical (unpaired) electrons. The van der Waals surface area contributed by atoms with Crippen LogP contribution in [0.2, 0.25) is 0 Å². The lowest BCUT2D eigenvalue weighted by Crippen LogP contribution is -2.30. The lowest BCUT2D eigenvalue weighted by molar-refractivity contribution is -0.167. The van der Waals surface area contributed by atoms with Gasteiger partial charge >= 0.3 is 17.9 Å². The Morgan fingerprint density at radius 3 is 0.805 bits per heavy atom. The summed E-state index contributed by atoms with van der Waals surface area (Å²) in [6.07, 6.45) is 87.0. The maximum atomic E-state index is 12.9. The molecule has 0 bridgehead atoms. The standard InChI is InChI=1S/C71H122O6/c1-4-7-10-13-16-19-22-25-27-29-31-33-34-35-36-38-39-41-43-46-49-52-55-58-61-64-70(73)76-67-68(66-75-69(72)63-60-57-54-51-48-45-24-21-18-15-12-9-6-3)77-71(74)65-62-59-56-53-50-47-44-42-40-37-32-30-28-26-23-20-17-14-11-8-5-2/h9,12,18,21-23,25-26,29-32,34-35,45,48,68H,4-8,10-11,13-17,19-20,24,27-28,33,36-44,46-47,49-67H2,1-3H3/b12-9-,21-18-,25-22-,26-23-,31-29-,32-30-,35-34-,48-45-. The molecule has 0 aromatic carbocycles. The number of ether oxygens (including phenoxy) is 3. The molecule has 0 rings (SSSR count). The number of unbranched alkanes of at least 4 members (excludes halogenated alkanes) is 32. The number of allylic oxidation sites excluding steroid dienone is 16. The minimum absolute atomic E-state index is 0.0904. The van der Waals surface area contributed by atoms with E-state index in [1.165, 1.54) is 173 Å². The third kappa shape index (κ3) is 63.0. The van der Waals surface area contributed by atoms with Gasteiger partial charge in [-0.15, -0.1) is 0 Å². The van der Waals surface area contributed by atoms with Crippen LogP contribution < -0.4 is 0 Å². The van der Waals surface area contributed by atoms with Gasteiger partial charge in [0.15, 0.2) is 6.10 Å². The van der Waals surface area contributed by atoms with E-state index in [0.29, 0.717) is 19.3 Å². The second-order valence-electron chi connectivity index (χ2n) is 21.6. The maximum absolute atomic E-state index is 12.9. The second kappa shape index (κ2) is 64.9. The fraction of sp³-hybridized carbons (Fsp3) is 0.732. The molecular weight excluding hydrogens is 949 g/mol. The number of carbonyl (C=O) groups is 3. The van der Waals surface area contributed by atoms with E-state index in [1.54, 1.807) is 0 Å². The Morgan fingerprint density at radius 2 is 0.506 bits per heavy atom. The average molecular weight is 1070 g/mol. The summed E-state index contributed by atoms with van der Waals surface area (Å²) < 4.78 is 16.9. The smallest absolute Gasteiger partial charge is 0.306 e. The summed E-state index contributed by atoms with van der Waals surface area (Å²) >= 11 is 0. The SMILES string of the molecule is CC/C=C\C/C=C\C/C=C\CCCCCC(=O)OCC(COC(=O)CCCCCCCCCCCC/C=C\C/C=C\C/C=C\CCCCCCC)OC(=O)CCCCCCCCCCC/C=C\C/C=C\CCCCCCC. The van der Waals surface area contributed by atoms with E-state index < -0.39 is 6.10 Å². The molecule has 0 fully saturated rings. The summed E-state index contributed by atoms with van der Waals surface area (Å²) in [5.74, 6) is -0.919. The normalized spacial score (nSPS) is 12.7. The highest BCUT2D eigenvalue weighted by Gasteiger charge is 2.19. The Labute approximate surface area is 477 Å². The Hall–Kier alpha value is -3.67. The molecule has 1 atom stereocenters. The molecule has 0 aliphatic carbocycles. The van der Waals surface area contributed by atoms with E-state index in [0.717, 1.165) is 103 Å². The van der Waals surface area contributed by atoms with Gasteiger partial charge in [0.1, 0.15) is 13.2 Å². The van der Waals surface area contributed by atoms with Gasteiger partial charge in [0.25, 0.3) is 0 Å². The fourth-order valence-corrected chi connectivity index (χ4v) is 9.14. The van der Waals surface area contributed by atoms with Crippen LogP contribution in [-0.4, -0.2) is 37.2 Å². The van der Waals surface area contributed by atoms with E-state index in [2.05, 4.69) is 118 Å². The highest BCUT2D eigenvalue weighted by molar-refractivity contribution is 5.71. The molecule has 0 saturated heterocycles. The number of carbonyl (C=O) groups excluding carboxylic acids is 3. The summed E-state index contributed by atoms with van der Waals surface area (Å²) in [5.41, 5.74) is 0. The monoisotopic (exact) mass is 1070 g/mol. The highest BCUT2D eigenvalue weighted by Crippen LogP contribution is 2.16. The largest absolute Gasteiger partial charge is 0.462 e. The molecule has 0 aromatic heterocycles. The summed E-state index contributed by atoms with van der Waals surface area (Å²) in [6, 6.07) is 0. The molecule has 0 aromatic rings. The van der Waals surface area contributed by atoms with Gasteiger partial charge in [0.2, 0.25) is 0 Å². The number of esters is 3. The highest BCUT2D eigenvalue weighted by atomic mass is 16.6. The van der Waals surface area contributed by atoms with Crippen LogP contribution in [0.3, 0.4) is 0 Å². The van der Waals surface area contributed by atoms with Crippen LogP contribution in [0.1, 0.15) is 316 Å². The molecule has 6 heteroatoms. The van der Waals surface area contributed by atoms with Gasteiger partial charge in [-0.1, -0.05) is 272 Å². The molecule has 442 valence electrons. The first-order chi connectivity index (χ1) is 38.0. The van der Waals surface area contributed by atoms with Crippen LogP contribution in [0, 0.1) is 0 Å². The van der Waals surface area contributed by atoms with Crippen LogP contribution in [-0.2, 0) is 28.6 Å². The summed E-state index contributed by atoms with van der Waals surface area (Å²) in [6.45, 7) is 6.50. The zero-order valence-electron chi connectivity index (χ0n) is 50.7. The van der Waals surface area contributed by atoms with E-state index in [-0.39, 0.29) is 31.1 Å². The Balaban J connectivity index is 4.34. The lowest BCUT2D eigenvalue weighted by atomic mass is 10.0. The lowest BCUT2D eigenvalue weighted by Gasteiger charge is -2.18. The number of hydrogen-bond donors (Lipinski definition) is 0. The first-order valence-corrected chi connectivity index (χ1v) is 32.7. The first-order valence-electron chi connectivity index (χ1n) is 32.7. The van der Waals surface area contributed by atoms with Gasteiger partial charge < -0.3 is 14.2 Å². The van der Waals surface area contributed by atoms with Gasteiger partial charge in [-0.2, -0.15) is 0 Å². The summed E-state index contributed by atoms with van der Waals surface area (Å²) in [5, 5.41) is 0. The van der Waals surface area contributed by atoms with Crippen molar-refractivity contribution in [1.82, 2.24) is 0 Å². The predicted octanol–water partition coefficient (Wildman–Crippen LogP) is 22.4. The molecule has 6 nitrogen and oxygen atoms in total. The van der Waals surface area contributed by atoms with Crippen molar-refractivity contribution in [2.75, 3.05) is 13.2 Å². The maximum Gasteiger partial charge on any atom is 0.306 e. The van der Waals surface area contributed by atoms with Crippen molar-refractivity contribution in [3.05, 3.63) is 97.2 Å². The quantitative estimate of drug-likeness (QED) is 0.0261. The van der Waals surface area contributed by atoms with Gasteiger partial charge in [-0.25, -0.2) is 0 Å². The average Bonchev–Trinajstić information content (AvgIpc) is 3.43. The van der Waals surface area contributed by atoms with Gasteiger partial charge in [0, 0.05) is 19.3 Å². The van der Waals surface area contributed by atoms with Crippen LogP contribution in [0.5, 0.6) is 0 Å². The number of hydrogen-bond acceptors (Lipinski definition) is 6. The molecule has 1 unspecified atom stereocenters. The Bertz CT molecular complexity index is 1510. The van der Waals surface area contributed by atoms with Crippen molar-refractivity contribution in [3.8, 4) is 0 Å². The summed E-state index contributed by atoms with van der Waals surface area (Å²) in [7, 11) is 0. The third-order valence-corrected chi connectivity index (χ3v) is 14.0. The molecular formula is C71H122O6. The van der Waals surface area contributed by atoms with Crippen molar-refractivity contribution in [3.63, 3.8) is 0 Å². The first kappa shape index (κ1) is 73.3. The van der Waals surface area contributed by atoms with Crippen molar-refractivity contribution in [2.24, 2.45) is 0 Å². The Morgan fingerprint density at radius 1 is 0.273 bits per heavy atom. The van der Waals surface area contributed by atoms with Crippen molar-refractivity contribution >= 4 is 17.9 Å². The fourth-order valence-electron chi connectivity index (χ4n) is 9.14. The predicted molar refractivity (Wildman–Crippen MR) is 334 cm³/mol. The minimum atomic E-state index is -0.796. The number of rotatable bonds is 59. The van der Waals surface area contributed by atoms with Crippen LogP contribution in [0.4, 0.5) is 0 Å². The molecule has 0 heterocycles. The third-order valence-electron chi connectivity index (χ3n) is 14.0. The van der Waals surface area contributed by atoms with Crippen LogP contribution >= 0.6 is 0 Å². The van der Waals surface area contributed by atoms with Gasteiger partial charge in [0.05, 0.1) is 0 Å². The van der Waals surface area contributed by atoms with Crippen molar-refractivity contribution in [1.29, 1.82) is 0 Å². The molecule has 0 aliphatic heterocycles. The van der Waals surface area contributed by atoms with Gasteiger partial charge in [-0.3, -0.25) is 14.4 Å². The molecule has 0 aliphatic rings. The molecule has 0 saturated carbocycles. The van der Waals surface area contributed by atoms with E-state index in [4.69, 9.17) is 14.2 Å². The Kier molecular flexibility index (Phi) is 61.8.